The molecule has 3 unspecified atom stereocenters. The van der Waals surface area contributed by atoms with Crippen LogP contribution in [0.15, 0.2) is 54.2 Å². The van der Waals surface area contributed by atoms with Gasteiger partial charge in [-0.1, -0.05) is 23.7 Å². The Labute approximate surface area is 249 Å². The summed E-state index contributed by atoms with van der Waals surface area (Å²) in [5, 5.41) is 17.8. The van der Waals surface area contributed by atoms with Gasteiger partial charge in [-0.2, -0.15) is 13.2 Å². The third-order valence-electron chi connectivity index (χ3n) is 7.67. The number of hydrogen-bond acceptors (Lipinski definition) is 7. The lowest BCUT2D eigenvalue weighted by Gasteiger charge is -2.34. The molecule has 4 N–H and O–H groups in total. The molecule has 3 heterocycles. The van der Waals surface area contributed by atoms with E-state index < -0.39 is 52.7 Å². The van der Waals surface area contributed by atoms with Crippen LogP contribution in [0.3, 0.4) is 0 Å². The first kappa shape index (κ1) is 30.5. The molecule has 2 aromatic carbocycles. The largest absolute Gasteiger partial charge is 0.417 e. The molecule has 0 saturated carbocycles. The lowest BCUT2D eigenvalue weighted by Crippen LogP contribution is -2.55. The number of nitrogens with zero attached hydrogens (tertiary/aromatic N) is 2. The van der Waals surface area contributed by atoms with Crippen molar-refractivity contribution in [3.05, 3.63) is 70.4 Å². The third-order valence-corrected chi connectivity index (χ3v) is 7.98. The van der Waals surface area contributed by atoms with Crippen molar-refractivity contribution in [3.63, 3.8) is 0 Å². The fourth-order valence-electron chi connectivity index (χ4n) is 5.38. The van der Waals surface area contributed by atoms with Gasteiger partial charge >= 0.3 is 6.18 Å². The fraction of sp³-hybridized carbons (Fsp3) is 0.379. The quantitative estimate of drug-likeness (QED) is 0.316. The Morgan fingerprint density at radius 1 is 1.12 bits per heavy atom. The molecule has 10 nitrogen and oxygen atoms in total. The van der Waals surface area contributed by atoms with Gasteiger partial charge in [0.25, 0.3) is 5.91 Å². The number of piperidine rings is 1. The molecule has 5 rings (SSSR count). The van der Waals surface area contributed by atoms with Crippen LogP contribution in [0.25, 0.3) is 0 Å². The summed E-state index contributed by atoms with van der Waals surface area (Å²) in [4.78, 5) is 53.1. The smallest absolute Gasteiger partial charge is 0.370 e. The van der Waals surface area contributed by atoms with E-state index in [1.807, 2.05) is 6.07 Å². The van der Waals surface area contributed by atoms with Gasteiger partial charge in [-0.3, -0.25) is 29.4 Å². The van der Waals surface area contributed by atoms with Crippen LogP contribution in [0.4, 0.5) is 24.5 Å². The molecule has 14 heteroatoms. The highest BCUT2D eigenvalue weighted by Crippen LogP contribution is 2.36. The average molecular weight is 620 g/mol. The zero-order chi connectivity index (χ0) is 30.9. The SMILES string of the molecule is O=C1CCC(N2C(=O)C(Nc3cccc(C(CC(=O)Nc4ccc(C(F)(F)F)c(Cl)c4)CN4CCC4)c3)=CC2O)C(=O)N1. The number of anilines is 2. The Bertz CT molecular complexity index is 1480. The maximum Gasteiger partial charge on any atom is 0.417 e. The molecule has 3 aliphatic rings. The average Bonchev–Trinajstić information content (AvgIpc) is 3.17. The number of nitrogens with one attached hydrogen (secondary N) is 3. The number of halogens is 4. The lowest BCUT2D eigenvalue weighted by atomic mass is 9.93. The number of carbonyl (C=O) groups excluding carboxylic acids is 4. The molecule has 2 fully saturated rings. The lowest BCUT2D eigenvalue weighted by molar-refractivity contribution is -0.148. The van der Waals surface area contributed by atoms with Crippen molar-refractivity contribution in [2.45, 2.75) is 50.0 Å². The number of amides is 4. The molecule has 0 radical (unpaired) electrons. The monoisotopic (exact) mass is 619 g/mol. The van der Waals surface area contributed by atoms with Crippen LogP contribution in [0.2, 0.25) is 5.02 Å². The molecule has 0 spiro atoms. The maximum absolute atomic E-state index is 13.1. The highest BCUT2D eigenvalue weighted by Gasteiger charge is 2.42. The van der Waals surface area contributed by atoms with Gasteiger partial charge in [0.15, 0.2) is 6.23 Å². The van der Waals surface area contributed by atoms with Crippen LogP contribution in [0.1, 0.15) is 42.7 Å². The van der Waals surface area contributed by atoms with Crippen LogP contribution in [0.5, 0.6) is 0 Å². The zero-order valence-corrected chi connectivity index (χ0v) is 23.5. The number of alkyl halides is 3. The summed E-state index contributed by atoms with van der Waals surface area (Å²) in [6.45, 7) is 2.31. The summed E-state index contributed by atoms with van der Waals surface area (Å²) in [6, 6.07) is 9.14. The molecule has 4 amide bonds. The standard InChI is InChI=1S/C29H29ClF3N5O5/c30-21-13-19(5-6-20(21)29(31,32)33)35-25(40)12-17(15-37-9-2-10-37)16-3-1-4-18(11-16)34-22-14-26(41)38(28(22)43)23-7-8-24(39)36-27(23)42/h1,3-6,11,13-14,17,23,26,34,41H,2,7-10,12,15H2,(H,35,40)(H,36,39,42). The van der Waals surface area contributed by atoms with Gasteiger partial charge in [-0.25, -0.2) is 0 Å². The Kier molecular flexibility index (Phi) is 8.76. The van der Waals surface area contributed by atoms with E-state index in [0.29, 0.717) is 12.2 Å². The summed E-state index contributed by atoms with van der Waals surface area (Å²) in [7, 11) is 0. The van der Waals surface area contributed by atoms with E-state index in [2.05, 4.69) is 20.9 Å². The summed E-state index contributed by atoms with van der Waals surface area (Å²) >= 11 is 5.80. The van der Waals surface area contributed by atoms with Crippen LogP contribution in [-0.4, -0.2) is 70.4 Å². The van der Waals surface area contributed by atoms with E-state index in [-0.39, 0.29) is 36.6 Å². The normalized spacial score (nSPS) is 21.7. The molecule has 3 atom stereocenters. The molecular weight excluding hydrogens is 591 g/mol. The van der Waals surface area contributed by atoms with Gasteiger partial charge in [0.05, 0.1) is 10.6 Å². The first-order valence-electron chi connectivity index (χ1n) is 13.7. The number of carbonyl (C=O) groups is 4. The van der Waals surface area contributed by atoms with Gasteiger partial charge in [0.2, 0.25) is 17.7 Å². The Balaban J connectivity index is 1.28. The zero-order valence-electron chi connectivity index (χ0n) is 22.8. The summed E-state index contributed by atoms with van der Waals surface area (Å²) in [6.07, 6.45) is -3.46. The second kappa shape index (κ2) is 12.3. The number of hydrogen-bond donors (Lipinski definition) is 4. The molecule has 0 bridgehead atoms. The highest BCUT2D eigenvalue weighted by molar-refractivity contribution is 6.31. The number of imide groups is 1. The van der Waals surface area contributed by atoms with Crippen molar-refractivity contribution < 1.29 is 37.5 Å². The number of benzene rings is 2. The second-order valence-electron chi connectivity index (χ2n) is 10.7. The summed E-state index contributed by atoms with van der Waals surface area (Å²) < 4.78 is 39.2. The molecular formula is C29H29ClF3N5O5. The van der Waals surface area contributed by atoms with E-state index >= 15 is 0 Å². The van der Waals surface area contributed by atoms with Crippen molar-refractivity contribution >= 4 is 46.6 Å². The van der Waals surface area contributed by atoms with Crippen molar-refractivity contribution in [1.82, 2.24) is 15.1 Å². The number of aliphatic hydroxyl groups is 1. The molecule has 0 aromatic heterocycles. The van der Waals surface area contributed by atoms with Crippen molar-refractivity contribution in [2.24, 2.45) is 0 Å². The maximum atomic E-state index is 13.1. The molecule has 2 aromatic rings. The van der Waals surface area contributed by atoms with Crippen LogP contribution in [0, 0.1) is 0 Å². The molecule has 0 aliphatic carbocycles. The van der Waals surface area contributed by atoms with Gasteiger partial charge in [0.1, 0.15) is 11.7 Å². The summed E-state index contributed by atoms with van der Waals surface area (Å²) in [5.74, 6) is -2.37. The van der Waals surface area contributed by atoms with Crippen LogP contribution >= 0.6 is 11.6 Å². The predicted octanol–water partition coefficient (Wildman–Crippen LogP) is 3.44. The number of rotatable bonds is 9. The second-order valence-corrected chi connectivity index (χ2v) is 11.1. The van der Waals surface area contributed by atoms with Crippen molar-refractivity contribution in [2.75, 3.05) is 30.3 Å². The molecule has 43 heavy (non-hydrogen) atoms. The third kappa shape index (κ3) is 7.00. The fourth-order valence-corrected chi connectivity index (χ4v) is 5.66. The Hall–Kier alpha value is -3.94. The predicted molar refractivity (Wildman–Crippen MR) is 151 cm³/mol. The van der Waals surface area contributed by atoms with Crippen LogP contribution < -0.4 is 16.0 Å². The van der Waals surface area contributed by atoms with Gasteiger partial charge in [0, 0.05) is 36.7 Å². The minimum absolute atomic E-state index is 0.0300. The first-order chi connectivity index (χ1) is 20.4. The number of aliphatic hydroxyl groups excluding tert-OH is 1. The van der Waals surface area contributed by atoms with E-state index in [9.17, 15) is 37.5 Å². The van der Waals surface area contributed by atoms with E-state index in [4.69, 9.17) is 11.6 Å². The van der Waals surface area contributed by atoms with Gasteiger partial charge < -0.3 is 20.6 Å². The molecule has 228 valence electrons. The van der Waals surface area contributed by atoms with E-state index in [0.717, 1.165) is 48.2 Å². The van der Waals surface area contributed by atoms with E-state index in [1.165, 1.54) is 6.08 Å². The van der Waals surface area contributed by atoms with E-state index in [1.54, 1.807) is 18.2 Å². The Morgan fingerprint density at radius 2 is 1.88 bits per heavy atom. The topological polar surface area (TPSA) is 131 Å². The van der Waals surface area contributed by atoms with Gasteiger partial charge in [-0.15, -0.1) is 0 Å². The van der Waals surface area contributed by atoms with Crippen molar-refractivity contribution in [3.8, 4) is 0 Å². The highest BCUT2D eigenvalue weighted by atomic mass is 35.5. The first-order valence-corrected chi connectivity index (χ1v) is 14.1. The van der Waals surface area contributed by atoms with Crippen molar-refractivity contribution in [1.29, 1.82) is 0 Å². The molecule has 3 aliphatic heterocycles. The Morgan fingerprint density at radius 3 is 2.53 bits per heavy atom. The number of likely N-dealkylation sites (tertiary alicyclic amines) is 1. The van der Waals surface area contributed by atoms with Gasteiger partial charge in [-0.05, 0) is 67.9 Å². The summed E-state index contributed by atoms with van der Waals surface area (Å²) in [5.41, 5.74) is 0.511. The minimum atomic E-state index is -4.61. The van der Waals surface area contributed by atoms with Crippen LogP contribution in [-0.2, 0) is 25.4 Å². The minimum Gasteiger partial charge on any atom is -0.370 e. The molecule has 2 saturated heterocycles.